The summed E-state index contributed by atoms with van der Waals surface area (Å²) in [6.07, 6.45) is 0. The highest BCUT2D eigenvalue weighted by atomic mass is 35.5. The van der Waals surface area contributed by atoms with Crippen LogP contribution in [0.3, 0.4) is 0 Å². The number of nitrogens with one attached hydrogen (secondary N) is 1. The molecule has 1 fully saturated rings. The highest BCUT2D eigenvalue weighted by Crippen LogP contribution is 2.39. The zero-order valence-electron chi connectivity index (χ0n) is 10.7. The second-order valence-corrected chi connectivity index (χ2v) is 6.73. The predicted octanol–water partition coefficient (Wildman–Crippen LogP) is 4.04. The molecule has 1 aromatic carbocycles. The Balaban J connectivity index is 1.84. The summed E-state index contributed by atoms with van der Waals surface area (Å²) in [7, 11) is 0. The van der Waals surface area contributed by atoms with Gasteiger partial charge in [0.1, 0.15) is 22.1 Å². The molecule has 0 radical (unpaired) electrons. The highest BCUT2D eigenvalue weighted by Gasteiger charge is 2.32. The lowest BCUT2D eigenvalue weighted by Crippen LogP contribution is -2.21. The highest BCUT2D eigenvalue weighted by molar-refractivity contribution is 8.01. The molecular formula is C14H11Cl2NO3S. The number of aliphatic carboxylic acids is 1. The lowest BCUT2D eigenvalue weighted by atomic mass is 10.2. The fraction of sp³-hybridized carbons (Fsp3) is 0.214. The Morgan fingerprint density at radius 2 is 2.14 bits per heavy atom. The third-order valence-corrected chi connectivity index (χ3v) is 5.08. The van der Waals surface area contributed by atoms with Gasteiger partial charge in [0.2, 0.25) is 0 Å². The van der Waals surface area contributed by atoms with Crippen LogP contribution in [0.1, 0.15) is 11.1 Å². The molecule has 0 amide bonds. The Bertz CT molecular complexity index is 689. The van der Waals surface area contributed by atoms with Crippen LogP contribution in [-0.4, -0.2) is 22.9 Å². The summed E-state index contributed by atoms with van der Waals surface area (Å²) >= 11 is 13.4. The Morgan fingerprint density at radius 3 is 2.86 bits per heavy atom. The molecule has 0 unspecified atom stereocenters. The number of hydrogen-bond donors (Lipinski definition) is 2. The van der Waals surface area contributed by atoms with E-state index in [2.05, 4.69) is 5.32 Å². The van der Waals surface area contributed by atoms with Crippen LogP contribution < -0.4 is 5.32 Å². The van der Waals surface area contributed by atoms with Gasteiger partial charge in [0, 0.05) is 17.1 Å². The molecule has 1 aliphatic rings. The minimum Gasteiger partial charge on any atom is -0.480 e. The van der Waals surface area contributed by atoms with Crippen LogP contribution in [0.5, 0.6) is 0 Å². The summed E-state index contributed by atoms with van der Waals surface area (Å²) < 4.78 is 5.80. The van der Waals surface area contributed by atoms with Crippen molar-refractivity contribution in [3.05, 3.63) is 46.1 Å². The van der Waals surface area contributed by atoms with Crippen molar-refractivity contribution in [3.8, 4) is 11.3 Å². The van der Waals surface area contributed by atoms with Crippen molar-refractivity contribution in [1.29, 1.82) is 0 Å². The number of carboxylic acids is 1. The first kappa shape index (κ1) is 14.8. The number of carbonyl (C=O) groups is 1. The van der Waals surface area contributed by atoms with Crippen LogP contribution in [0, 0.1) is 0 Å². The number of thioether (sulfide) groups is 1. The number of rotatable bonds is 3. The maximum atomic E-state index is 11.0. The summed E-state index contributed by atoms with van der Waals surface area (Å²) in [6.45, 7) is 0.415. The van der Waals surface area contributed by atoms with Crippen LogP contribution >= 0.6 is 35.0 Å². The van der Waals surface area contributed by atoms with Crippen molar-refractivity contribution >= 4 is 40.9 Å². The van der Waals surface area contributed by atoms with Crippen LogP contribution in [0.2, 0.25) is 10.0 Å². The van der Waals surface area contributed by atoms with E-state index in [0.29, 0.717) is 33.7 Å². The van der Waals surface area contributed by atoms with Gasteiger partial charge in [-0.25, -0.2) is 0 Å². The van der Waals surface area contributed by atoms with Crippen molar-refractivity contribution in [3.63, 3.8) is 0 Å². The first-order chi connectivity index (χ1) is 10.0. The Labute approximate surface area is 135 Å². The van der Waals surface area contributed by atoms with Crippen molar-refractivity contribution in [1.82, 2.24) is 5.32 Å². The number of carboxylic acid groups (broad SMARTS) is 1. The smallest absolute Gasteiger partial charge is 0.318 e. The summed E-state index contributed by atoms with van der Waals surface area (Å²) in [5.74, 6) is 0.466. The van der Waals surface area contributed by atoms with Gasteiger partial charge >= 0.3 is 5.97 Å². The molecule has 110 valence electrons. The minimum absolute atomic E-state index is 0.169. The molecule has 1 saturated heterocycles. The Hall–Kier alpha value is -1.14. The van der Waals surface area contributed by atoms with Gasteiger partial charge in [0.05, 0.1) is 5.02 Å². The third kappa shape index (κ3) is 3.06. The lowest BCUT2D eigenvalue weighted by molar-refractivity contribution is -0.136. The molecule has 2 heterocycles. The summed E-state index contributed by atoms with van der Waals surface area (Å²) in [6, 6.07) is 8.79. The Kier molecular flexibility index (Phi) is 4.17. The molecular weight excluding hydrogens is 333 g/mol. The van der Waals surface area contributed by atoms with Crippen molar-refractivity contribution in [2.45, 2.75) is 10.6 Å². The van der Waals surface area contributed by atoms with Crippen LogP contribution in [0.4, 0.5) is 0 Å². The quantitative estimate of drug-likeness (QED) is 0.880. The first-order valence-electron chi connectivity index (χ1n) is 6.21. The maximum Gasteiger partial charge on any atom is 0.318 e. The molecule has 21 heavy (non-hydrogen) atoms. The normalized spacial score (nSPS) is 21.6. The van der Waals surface area contributed by atoms with Gasteiger partial charge in [-0.3, -0.25) is 10.1 Å². The van der Waals surface area contributed by atoms with E-state index in [-0.39, 0.29) is 5.37 Å². The fourth-order valence-electron chi connectivity index (χ4n) is 2.11. The van der Waals surface area contributed by atoms with Gasteiger partial charge in [-0.1, -0.05) is 23.2 Å². The van der Waals surface area contributed by atoms with Gasteiger partial charge in [-0.15, -0.1) is 11.8 Å². The first-order valence-corrected chi connectivity index (χ1v) is 7.91. The molecule has 2 atom stereocenters. The molecule has 3 rings (SSSR count). The van der Waals surface area contributed by atoms with Gasteiger partial charge in [-0.2, -0.15) is 0 Å². The lowest BCUT2D eigenvalue weighted by Gasteiger charge is -2.06. The molecule has 0 spiro atoms. The standard InChI is InChI=1S/C14H11Cl2NO3S/c15-7-1-2-9(16)8(5-7)10-3-4-11(20-10)13-17-6-12(21-13)14(18)19/h1-5,12-13,17H,6H2,(H,18,19)/t12-,13+/m0/s1. The molecule has 0 bridgehead atoms. The van der Waals surface area contributed by atoms with Gasteiger partial charge in [-0.05, 0) is 30.3 Å². The largest absolute Gasteiger partial charge is 0.480 e. The summed E-state index contributed by atoms with van der Waals surface area (Å²) in [5, 5.41) is 12.6. The summed E-state index contributed by atoms with van der Waals surface area (Å²) in [4.78, 5) is 11.0. The molecule has 0 saturated carbocycles. The van der Waals surface area contributed by atoms with Crippen LogP contribution in [0.15, 0.2) is 34.7 Å². The van der Waals surface area contributed by atoms with Gasteiger partial charge in [0.15, 0.2) is 0 Å². The van der Waals surface area contributed by atoms with Crippen molar-refractivity contribution in [2.75, 3.05) is 6.54 Å². The molecule has 2 N–H and O–H groups in total. The van der Waals surface area contributed by atoms with E-state index in [4.69, 9.17) is 32.7 Å². The molecule has 1 aromatic heterocycles. The minimum atomic E-state index is -0.820. The average Bonchev–Trinajstić information content (AvgIpc) is 3.09. The average molecular weight is 344 g/mol. The van der Waals surface area contributed by atoms with Gasteiger partial charge in [0.25, 0.3) is 0 Å². The van der Waals surface area contributed by atoms with E-state index in [1.165, 1.54) is 11.8 Å². The predicted molar refractivity (Wildman–Crippen MR) is 83.9 cm³/mol. The van der Waals surface area contributed by atoms with E-state index in [9.17, 15) is 4.79 Å². The molecule has 7 heteroatoms. The van der Waals surface area contributed by atoms with E-state index in [0.717, 1.165) is 0 Å². The van der Waals surface area contributed by atoms with Gasteiger partial charge < -0.3 is 9.52 Å². The number of benzene rings is 1. The number of halogens is 2. The zero-order valence-corrected chi connectivity index (χ0v) is 13.0. The molecule has 1 aliphatic heterocycles. The second kappa shape index (κ2) is 5.93. The van der Waals surface area contributed by atoms with E-state index < -0.39 is 11.2 Å². The van der Waals surface area contributed by atoms with Crippen LogP contribution in [0.25, 0.3) is 11.3 Å². The van der Waals surface area contributed by atoms with E-state index in [1.807, 2.05) is 12.1 Å². The number of furan rings is 1. The SMILES string of the molecule is O=C(O)[C@@H]1CN[C@@H](c2ccc(-c3cc(Cl)ccc3Cl)o2)S1. The molecule has 4 nitrogen and oxygen atoms in total. The van der Waals surface area contributed by atoms with Crippen LogP contribution in [-0.2, 0) is 4.79 Å². The second-order valence-electron chi connectivity index (χ2n) is 4.58. The van der Waals surface area contributed by atoms with E-state index in [1.54, 1.807) is 18.2 Å². The van der Waals surface area contributed by atoms with E-state index >= 15 is 0 Å². The third-order valence-electron chi connectivity index (χ3n) is 3.14. The topological polar surface area (TPSA) is 62.5 Å². The molecule has 0 aliphatic carbocycles. The van der Waals surface area contributed by atoms with Crippen molar-refractivity contribution < 1.29 is 14.3 Å². The monoisotopic (exact) mass is 343 g/mol. The number of hydrogen-bond acceptors (Lipinski definition) is 4. The van der Waals surface area contributed by atoms with Crippen molar-refractivity contribution in [2.24, 2.45) is 0 Å². The molecule has 2 aromatic rings. The fourth-order valence-corrected chi connectivity index (χ4v) is 3.59. The maximum absolute atomic E-state index is 11.0. The summed E-state index contributed by atoms with van der Waals surface area (Å²) in [5.41, 5.74) is 0.716. The Morgan fingerprint density at radius 1 is 1.33 bits per heavy atom. The zero-order chi connectivity index (χ0) is 15.0.